The second-order valence-corrected chi connectivity index (χ2v) is 7.04. The maximum Gasteiger partial charge on any atom is 0.222 e. The molecule has 1 amide bonds. The molecule has 3 heterocycles. The van der Waals surface area contributed by atoms with Gasteiger partial charge >= 0.3 is 0 Å². The Morgan fingerprint density at radius 1 is 1.24 bits per heavy atom. The SMILES string of the molecule is CCNC(=NCc1cccnc1N1CCCC(C(N)=O)C1)NCc1ccccn1. The molecule has 0 aromatic carbocycles. The lowest BCUT2D eigenvalue weighted by Crippen LogP contribution is -2.42. The number of nitrogens with zero attached hydrogens (tertiary/aromatic N) is 4. The Balaban J connectivity index is 1.70. The summed E-state index contributed by atoms with van der Waals surface area (Å²) in [6.07, 6.45) is 5.33. The molecule has 2 aromatic rings. The number of aliphatic imine (C=N–C) groups is 1. The number of nitrogens with two attached hydrogens (primary N) is 1. The molecule has 0 saturated carbocycles. The zero-order valence-electron chi connectivity index (χ0n) is 16.8. The molecule has 0 spiro atoms. The Hall–Kier alpha value is -3.16. The highest BCUT2D eigenvalue weighted by molar-refractivity contribution is 5.80. The zero-order valence-corrected chi connectivity index (χ0v) is 16.8. The van der Waals surface area contributed by atoms with E-state index < -0.39 is 0 Å². The van der Waals surface area contributed by atoms with Gasteiger partial charge in [-0.2, -0.15) is 0 Å². The van der Waals surface area contributed by atoms with E-state index >= 15 is 0 Å². The Morgan fingerprint density at radius 2 is 2.10 bits per heavy atom. The number of nitrogens with one attached hydrogen (secondary N) is 2. The number of hydrogen-bond acceptors (Lipinski definition) is 5. The molecule has 3 rings (SSSR count). The number of hydrogen-bond donors (Lipinski definition) is 3. The summed E-state index contributed by atoms with van der Waals surface area (Å²) in [7, 11) is 0. The van der Waals surface area contributed by atoms with Crippen molar-refractivity contribution in [3.05, 3.63) is 54.0 Å². The van der Waals surface area contributed by atoms with Crippen LogP contribution in [0, 0.1) is 5.92 Å². The minimum Gasteiger partial charge on any atom is -0.369 e. The quantitative estimate of drug-likeness (QED) is 0.483. The van der Waals surface area contributed by atoms with E-state index in [1.54, 1.807) is 12.4 Å². The summed E-state index contributed by atoms with van der Waals surface area (Å²) in [6.45, 7) is 5.36. The van der Waals surface area contributed by atoms with E-state index in [-0.39, 0.29) is 11.8 Å². The number of anilines is 1. The molecular weight excluding hydrogens is 366 g/mol. The van der Waals surface area contributed by atoms with Crippen LogP contribution in [0.5, 0.6) is 0 Å². The van der Waals surface area contributed by atoms with Gasteiger partial charge in [0.05, 0.1) is 24.7 Å². The van der Waals surface area contributed by atoms with Crippen LogP contribution in [0.4, 0.5) is 5.82 Å². The second kappa shape index (κ2) is 10.4. The van der Waals surface area contributed by atoms with Crippen LogP contribution in [0.3, 0.4) is 0 Å². The molecule has 1 unspecified atom stereocenters. The summed E-state index contributed by atoms with van der Waals surface area (Å²) in [4.78, 5) is 27.4. The highest BCUT2D eigenvalue weighted by atomic mass is 16.1. The van der Waals surface area contributed by atoms with Gasteiger partial charge in [-0.15, -0.1) is 0 Å². The smallest absolute Gasteiger partial charge is 0.222 e. The predicted octanol–water partition coefficient (Wildman–Crippen LogP) is 1.43. The first-order chi connectivity index (χ1) is 14.2. The number of rotatable bonds is 7. The Bertz CT molecular complexity index is 825. The summed E-state index contributed by atoms with van der Waals surface area (Å²) < 4.78 is 0. The van der Waals surface area contributed by atoms with Gasteiger partial charge in [-0.3, -0.25) is 9.78 Å². The van der Waals surface area contributed by atoms with Crippen molar-refractivity contribution in [1.82, 2.24) is 20.6 Å². The molecule has 1 aliphatic heterocycles. The maximum absolute atomic E-state index is 11.6. The van der Waals surface area contributed by atoms with Gasteiger partial charge in [0.25, 0.3) is 0 Å². The lowest BCUT2D eigenvalue weighted by Gasteiger charge is -2.33. The fraction of sp³-hybridized carbons (Fsp3) is 0.429. The molecule has 154 valence electrons. The van der Waals surface area contributed by atoms with Crippen LogP contribution < -0.4 is 21.3 Å². The van der Waals surface area contributed by atoms with Crippen LogP contribution >= 0.6 is 0 Å². The van der Waals surface area contributed by atoms with E-state index in [0.717, 1.165) is 49.0 Å². The van der Waals surface area contributed by atoms with Gasteiger partial charge in [0.1, 0.15) is 5.82 Å². The molecule has 2 aromatic heterocycles. The molecule has 1 fully saturated rings. The molecule has 4 N–H and O–H groups in total. The van der Waals surface area contributed by atoms with Gasteiger partial charge in [-0.1, -0.05) is 12.1 Å². The van der Waals surface area contributed by atoms with Crippen molar-refractivity contribution in [1.29, 1.82) is 0 Å². The summed E-state index contributed by atoms with van der Waals surface area (Å²) in [5.41, 5.74) is 7.50. The third kappa shape index (κ3) is 5.91. The van der Waals surface area contributed by atoms with E-state index in [4.69, 9.17) is 10.7 Å². The molecule has 0 bridgehead atoms. The van der Waals surface area contributed by atoms with Crippen molar-refractivity contribution in [2.24, 2.45) is 16.6 Å². The van der Waals surface area contributed by atoms with Gasteiger partial charge in [-0.05, 0) is 38.0 Å². The summed E-state index contributed by atoms with van der Waals surface area (Å²) in [6, 6.07) is 9.78. The molecule has 29 heavy (non-hydrogen) atoms. The lowest BCUT2D eigenvalue weighted by atomic mass is 9.97. The van der Waals surface area contributed by atoms with Crippen LogP contribution in [-0.2, 0) is 17.9 Å². The van der Waals surface area contributed by atoms with Crippen LogP contribution in [0.2, 0.25) is 0 Å². The van der Waals surface area contributed by atoms with E-state index in [2.05, 4.69) is 25.5 Å². The molecule has 0 radical (unpaired) electrons. The number of pyridine rings is 2. The lowest BCUT2D eigenvalue weighted by molar-refractivity contribution is -0.122. The van der Waals surface area contributed by atoms with Crippen LogP contribution in [0.25, 0.3) is 0 Å². The van der Waals surface area contributed by atoms with Crippen molar-refractivity contribution >= 4 is 17.7 Å². The third-order valence-electron chi connectivity index (χ3n) is 4.91. The predicted molar refractivity (Wildman–Crippen MR) is 114 cm³/mol. The van der Waals surface area contributed by atoms with E-state index in [1.807, 2.05) is 37.3 Å². The van der Waals surface area contributed by atoms with Crippen molar-refractivity contribution in [3.8, 4) is 0 Å². The molecule has 0 aliphatic carbocycles. The number of guanidine groups is 1. The number of amides is 1. The number of carbonyl (C=O) groups excluding carboxylic acids is 1. The average Bonchev–Trinajstić information content (AvgIpc) is 2.76. The minimum atomic E-state index is -0.238. The minimum absolute atomic E-state index is 0.125. The fourth-order valence-corrected chi connectivity index (χ4v) is 3.42. The molecular formula is C21H29N7O. The first-order valence-corrected chi connectivity index (χ1v) is 10.1. The van der Waals surface area contributed by atoms with Crippen molar-refractivity contribution in [3.63, 3.8) is 0 Å². The van der Waals surface area contributed by atoms with Crippen LogP contribution in [-0.4, -0.2) is 41.5 Å². The number of carbonyl (C=O) groups is 1. The number of primary amides is 1. The topological polar surface area (TPSA) is 109 Å². The number of aromatic nitrogens is 2. The largest absolute Gasteiger partial charge is 0.369 e. The Morgan fingerprint density at radius 3 is 2.86 bits per heavy atom. The normalized spacial score (nSPS) is 17.1. The molecule has 1 atom stereocenters. The van der Waals surface area contributed by atoms with Gasteiger partial charge in [-0.25, -0.2) is 9.98 Å². The number of piperidine rings is 1. The summed E-state index contributed by atoms with van der Waals surface area (Å²) in [5.74, 6) is 1.24. The van der Waals surface area contributed by atoms with Crippen LogP contribution in [0.1, 0.15) is 31.0 Å². The molecule has 8 nitrogen and oxygen atoms in total. The molecule has 1 aliphatic rings. The first-order valence-electron chi connectivity index (χ1n) is 10.1. The van der Waals surface area contributed by atoms with Crippen molar-refractivity contribution in [2.45, 2.75) is 32.9 Å². The first kappa shape index (κ1) is 20.6. The average molecular weight is 396 g/mol. The Labute approximate surface area is 171 Å². The molecule has 1 saturated heterocycles. The van der Waals surface area contributed by atoms with Gasteiger partial charge in [0.2, 0.25) is 5.91 Å². The van der Waals surface area contributed by atoms with Crippen molar-refractivity contribution in [2.75, 3.05) is 24.5 Å². The Kier molecular flexibility index (Phi) is 7.38. The van der Waals surface area contributed by atoms with Crippen molar-refractivity contribution < 1.29 is 4.79 Å². The third-order valence-corrected chi connectivity index (χ3v) is 4.91. The molecule has 8 heteroatoms. The fourth-order valence-electron chi connectivity index (χ4n) is 3.42. The highest BCUT2D eigenvalue weighted by Gasteiger charge is 2.25. The van der Waals surface area contributed by atoms with E-state index in [0.29, 0.717) is 19.6 Å². The standard InChI is InChI=1S/C21H29N7O/c1-2-23-21(27-14-18-9-3-4-10-24-18)26-13-16-7-5-11-25-20(16)28-12-6-8-17(15-28)19(22)29/h3-5,7,9-11,17H,2,6,8,12-15H2,1H3,(H2,22,29)(H2,23,26,27). The van der Waals surface area contributed by atoms with E-state index in [9.17, 15) is 4.79 Å². The summed E-state index contributed by atoms with van der Waals surface area (Å²) in [5, 5.41) is 6.57. The second-order valence-electron chi connectivity index (χ2n) is 7.04. The van der Waals surface area contributed by atoms with Gasteiger partial charge in [0.15, 0.2) is 5.96 Å². The van der Waals surface area contributed by atoms with E-state index in [1.165, 1.54) is 0 Å². The van der Waals surface area contributed by atoms with Crippen LogP contribution in [0.15, 0.2) is 47.7 Å². The zero-order chi connectivity index (χ0) is 20.5. The van der Waals surface area contributed by atoms with Gasteiger partial charge in [0, 0.05) is 37.6 Å². The monoisotopic (exact) mass is 395 g/mol. The van der Waals surface area contributed by atoms with Gasteiger partial charge < -0.3 is 21.3 Å². The maximum atomic E-state index is 11.6. The highest BCUT2D eigenvalue weighted by Crippen LogP contribution is 2.24. The summed E-state index contributed by atoms with van der Waals surface area (Å²) >= 11 is 0.